The highest BCUT2D eigenvalue weighted by molar-refractivity contribution is 7.86. The summed E-state index contributed by atoms with van der Waals surface area (Å²) in [6.45, 7) is 6.77. The summed E-state index contributed by atoms with van der Waals surface area (Å²) >= 11 is 0. The average Bonchev–Trinajstić information content (AvgIpc) is 2.89. The molecule has 1 N–H and O–H groups in total. The van der Waals surface area contributed by atoms with E-state index >= 15 is 0 Å². The molecule has 0 aromatic heterocycles. The van der Waals surface area contributed by atoms with Crippen LogP contribution in [0.1, 0.15) is 33.1 Å². The molecular weight excluding hydrogens is 264 g/mol. The SMILES string of the molecule is CC(C)C1CCN(S(=O)(=O)N2CCCC(CO)C2)C1. The topological polar surface area (TPSA) is 60.9 Å². The van der Waals surface area contributed by atoms with Crippen LogP contribution in [0.25, 0.3) is 0 Å². The second-order valence-electron chi connectivity index (χ2n) is 6.21. The maximum atomic E-state index is 12.6. The summed E-state index contributed by atoms with van der Waals surface area (Å²) in [6.07, 6.45) is 2.75. The van der Waals surface area contributed by atoms with E-state index in [0.29, 0.717) is 38.0 Å². The fraction of sp³-hybridized carbons (Fsp3) is 1.00. The molecule has 2 rings (SSSR count). The van der Waals surface area contributed by atoms with E-state index in [0.717, 1.165) is 19.3 Å². The summed E-state index contributed by atoms with van der Waals surface area (Å²) in [7, 11) is -3.32. The molecule has 19 heavy (non-hydrogen) atoms. The highest BCUT2D eigenvalue weighted by Crippen LogP contribution is 2.28. The van der Waals surface area contributed by atoms with Gasteiger partial charge >= 0.3 is 0 Å². The Morgan fingerprint density at radius 2 is 1.84 bits per heavy atom. The van der Waals surface area contributed by atoms with Gasteiger partial charge in [-0.2, -0.15) is 17.0 Å². The number of piperidine rings is 1. The van der Waals surface area contributed by atoms with Crippen LogP contribution in [-0.2, 0) is 10.2 Å². The molecule has 0 spiro atoms. The van der Waals surface area contributed by atoms with Crippen molar-refractivity contribution in [1.82, 2.24) is 8.61 Å². The Morgan fingerprint density at radius 3 is 2.42 bits per heavy atom. The molecule has 112 valence electrons. The number of aliphatic hydroxyl groups is 1. The van der Waals surface area contributed by atoms with Crippen LogP contribution in [0.5, 0.6) is 0 Å². The smallest absolute Gasteiger partial charge is 0.281 e. The van der Waals surface area contributed by atoms with Gasteiger partial charge in [0.25, 0.3) is 10.2 Å². The van der Waals surface area contributed by atoms with Crippen molar-refractivity contribution in [3.05, 3.63) is 0 Å². The minimum Gasteiger partial charge on any atom is -0.396 e. The van der Waals surface area contributed by atoms with Gasteiger partial charge in [-0.1, -0.05) is 13.8 Å². The van der Waals surface area contributed by atoms with E-state index in [4.69, 9.17) is 0 Å². The third kappa shape index (κ3) is 3.29. The molecule has 2 saturated heterocycles. The number of aliphatic hydroxyl groups excluding tert-OH is 1. The Hall–Kier alpha value is -0.170. The number of hydrogen-bond donors (Lipinski definition) is 1. The fourth-order valence-corrected chi connectivity index (χ4v) is 4.86. The maximum Gasteiger partial charge on any atom is 0.281 e. The lowest BCUT2D eigenvalue weighted by molar-refractivity contribution is 0.161. The Morgan fingerprint density at radius 1 is 1.16 bits per heavy atom. The summed E-state index contributed by atoms with van der Waals surface area (Å²) < 4.78 is 28.4. The fourth-order valence-electron chi connectivity index (χ4n) is 3.06. The molecule has 0 saturated carbocycles. The van der Waals surface area contributed by atoms with Gasteiger partial charge in [-0.3, -0.25) is 0 Å². The van der Waals surface area contributed by atoms with Crippen molar-refractivity contribution in [3.8, 4) is 0 Å². The Balaban J connectivity index is 2.02. The maximum absolute atomic E-state index is 12.6. The summed E-state index contributed by atoms with van der Waals surface area (Å²) in [5.41, 5.74) is 0. The van der Waals surface area contributed by atoms with Crippen molar-refractivity contribution in [2.45, 2.75) is 33.1 Å². The van der Waals surface area contributed by atoms with E-state index in [2.05, 4.69) is 13.8 Å². The second-order valence-corrected chi connectivity index (χ2v) is 8.14. The van der Waals surface area contributed by atoms with Crippen molar-refractivity contribution in [1.29, 1.82) is 0 Å². The molecule has 0 aliphatic carbocycles. The van der Waals surface area contributed by atoms with Gasteiger partial charge < -0.3 is 5.11 Å². The Bertz CT molecular complexity index is 397. The third-order valence-electron chi connectivity index (χ3n) is 4.52. The molecule has 2 unspecified atom stereocenters. The standard InChI is InChI=1S/C13H26N2O3S/c1-11(2)13-5-7-15(9-13)19(17,18)14-6-3-4-12(8-14)10-16/h11-13,16H,3-10H2,1-2H3. The first kappa shape index (κ1) is 15.2. The summed E-state index contributed by atoms with van der Waals surface area (Å²) in [5.74, 6) is 1.12. The number of nitrogens with zero attached hydrogens (tertiary/aromatic N) is 2. The first-order chi connectivity index (χ1) is 8.95. The molecule has 2 atom stereocenters. The van der Waals surface area contributed by atoms with Gasteiger partial charge in [-0.25, -0.2) is 0 Å². The third-order valence-corrected chi connectivity index (χ3v) is 6.49. The summed E-state index contributed by atoms with van der Waals surface area (Å²) in [5, 5.41) is 9.22. The van der Waals surface area contributed by atoms with Crippen LogP contribution in [0.15, 0.2) is 0 Å². The zero-order valence-electron chi connectivity index (χ0n) is 12.0. The molecule has 0 aromatic carbocycles. The average molecular weight is 290 g/mol. The zero-order chi connectivity index (χ0) is 14.0. The highest BCUT2D eigenvalue weighted by Gasteiger charge is 2.38. The predicted octanol–water partition coefficient (Wildman–Crippen LogP) is 0.913. The summed E-state index contributed by atoms with van der Waals surface area (Å²) in [4.78, 5) is 0. The van der Waals surface area contributed by atoms with E-state index in [9.17, 15) is 13.5 Å². The molecule has 2 aliphatic heterocycles. The quantitative estimate of drug-likeness (QED) is 0.837. The van der Waals surface area contributed by atoms with Gasteiger partial charge in [0.1, 0.15) is 0 Å². The Labute approximate surface area is 116 Å². The van der Waals surface area contributed by atoms with E-state index in [1.54, 1.807) is 8.61 Å². The van der Waals surface area contributed by atoms with Crippen LogP contribution >= 0.6 is 0 Å². The molecule has 2 fully saturated rings. The highest BCUT2D eigenvalue weighted by atomic mass is 32.2. The van der Waals surface area contributed by atoms with Crippen molar-refractivity contribution in [2.75, 3.05) is 32.8 Å². The van der Waals surface area contributed by atoms with Crippen molar-refractivity contribution in [2.24, 2.45) is 17.8 Å². The Kier molecular flexibility index (Phi) is 4.87. The molecule has 2 heterocycles. The van der Waals surface area contributed by atoms with Crippen LogP contribution in [0, 0.1) is 17.8 Å². The largest absolute Gasteiger partial charge is 0.396 e. The normalized spacial score (nSPS) is 31.2. The van der Waals surface area contributed by atoms with Gasteiger partial charge in [-0.05, 0) is 37.0 Å². The van der Waals surface area contributed by atoms with Gasteiger partial charge in [0.15, 0.2) is 0 Å². The van der Waals surface area contributed by atoms with Gasteiger partial charge in [0.05, 0.1) is 0 Å². The summed E-state index contributed by atoms with van der Waals surface area (Å²) in [6, 6.07) is 0. The van der Waals surface area contributed by atoms with Crippen LogP contribution in [-0.4, -0.2) is 54.9 Å². The minimum absolute atomic E-state index is 0.0840. The van der Waals surface area contributed by atoms with Crippen molar-refractivity contribution < 1.29 is 13.5 Å². The van der Waals surface area contributed by atoms with Crippen LogP contribution in [0.4, 0.5) is 0 Å². The molecular formula is C13H26N2O3S. The van der Waals surface area contributed by atoms with E-state index < -0.39 is 10.2 Å². The van der Waals surface area contributed by atoms with Crippen LogP contribution < -0.4 is 0 Å². The second kappa shape index (κ2) is 6.08. The van der Waals surface area contributed by atoms with Gasteiger partial charge in [0.2, 0.25) is 0 Å². The predicted molar refractivity (Wildman–Crippen MR) is 74.8 cm³/mol. The monoisotopic (exact) mass is 290 g/mol. The van der Waals surface area contributed by atoms with Crippen molar-refractivity contribution in [3.63, 3.8) is 0 Å². The van der Waals surface area contributed by atoms with E-state index in [1.807, 2.05) is 0 Å². The zero-order valence-corrected chi connectivity index (χ0v) is 12.8. The lowest BCUT2D eigenvalue weighted by Crippen LogP contribution is -2.47. The van der Waals surface area contributed by atoms with Crippen molar-refractivity contribution >= 4 is 10.2 Å². The molecule has 5 nitrogen and oxygen atoms in total. The number of rotatable bonds is 4. The lowest BCUT2D eigenvalue weighted by atomic mass is 9.96. The number of hydrogen-bond acceptors (Lipinski definition) is 3. The first-order valence-corrected chi connectivity index (χ1v) is 8.71. The molecule has 0 amide bonds. The van der Waals surface area contributed by atoms with Crippen LogP contribution in [0.3, 0.4) is 0 Å². The van der Waals surface area contributed by atoms with Gasteiger partial charge in [0, 0.05) is 32.8 Å². The molecule has 0 aromatic rings. The molecule has 2 aliphatic rings. The van der Waals surface area contributed by atoms with Gasteiger partial charge in [-0.15, -0.1) is 0 Å². The molecule has 0 radical (unpaired) electrons. The molecule has 6 heteroatoms. The minimum atomic E-state index is -3.32. The first-order valence-electron chi connectivity index (χ1n) is 7.31. The lowest BCUT2D eigenvalue weighted by Gasteiger charge is -2.33. The van der Waals surface area contributed by atoms with E-state index in [-0.39, 0.29) is 12.5 Å². The van der Waals surface area contributed by atoms with E-state index in [1.165, 1.54) is 0 Å². The molecule has 0 bridgehead atoms. The van der Waals surface area contributed by atoms with Crippen LogP contribution in [0.2, 0.25) is 0 Å².